The number of hydrogen-bond donors (Lipinski definition) is 2. The smallest absolute Gasteiger partial charge is 0.254 e. The van der Waals surface area contributed by atoms with E-state index < -0.39 is 0 Å². The minimum atomic E-state index is -0.346. The third-order valence-electron chi connectivity index (χ3n) is 7.42. The van der Waals surface area contributed by atoms with E-state index in [1.807, 2.05) is 43.6 Å². The van der Waals surface area contributed by atoms with Crippen molar-refractivity contribution in [3.8, 4) is 11.3 Å². The third kappa shape index (κ3) is 4.75. The molecule has 5 rings (SSSR count). The van der Waals surface area contributed by atoms with Gasteiger partial charge in [0.1, 0.15) is 17.3 Å². The zero-order valence-electron chi connectivity index (χ0n) is 22.2. The normalized spacial score (nSPS) is 18.7. The Labute approximate surface area is 221 Å². The fourth-order valence-electron chi connectivity index (χ4n) is 4.98. The predicted molar refractivity (Wildman–Crippen MR) is 148 cm³/mol. The Morgan fingerprint density at radius 2 is 2.21 bits per heavy atom. The Bertz CT molecular complexity index is 1470. The molecule has 0 aliphatic carbocycles. The highest BCUT2D eigenvalue weighted by Gasteiger charge is 2.29. The van der Waals surface area contributed by atoms with Gasteiger partial charge in [0.25, 0.3) is 5.91 Å². The number of allylic oxidation sites excluding steroid dienone is 1. The molecule has 198 valence electrons. The van der Waals surface area contributed by atoms with Crippen molar-refractivity contribution in [3.63, 3.8) is 0 Å². The number of halogens is 1. The minimum absolute atomic E-state index is 0.0382. The van der Waals surface area contributed by atoms with E-state index in [2.05, 4.69) is 34.0 Å². The van der Waals surface area contributed by atoms with Crippen LogP contribution in [0.4, 0.5) is 10.1 Å². The molecule has 1 amide bonds. The third-order valence-corrected chi connectivity index (χ3v) is 7.42. The van der Waals surface area contributed by atoms with Crippen LogP contribution in [0, 0.1) is 11.7 Å². The number of aliphatic imine (C=N–C) groups is 1. The molecule has 2 N–H and O–H groups in total. The Kier molecular flexibility index (Phi) is 7.14. The second-order valence-electron chi connectivity index (χ2n) is 9.93. The lowest BCUT2D eigenvalue weighted by Crippen LogP contribution is -2.35. The highest BCUT2D eigenvalue weighted by Crippen LogP contribution is 2.35. The molecule has 38 heavy (non-hydrogen) atoms. The summed E-state index contributed by atoms with van der Waals surface area (Å²) in [5.74, 6) is 0.371. The molecule has 2 aliphatic heterocycles. The van der Waals surface area contributed by atoms with Crippen LogP contribution in [0.25, 0.3) is 16.9 Å². The zero-order chi connectivity index (χ0) is 27.0. The highest BCUT2D eigenvalue weighted by atomic mass is 19.1. The van der Waals surface area contributed by atoms with E-state index in [1.165, 1.54) is 12.1 Å². The molecule has 0 bridgehead atoms. The van der Waals surface area contributed by atoms with Gasteiger partial charge >= 0.3 is 0 Å². The van der Waals surface area contributed by atoms with Gasteiger partial charge in [0.05, 0.1) is 35.5 Å². The summed E-state index contributed by atoms with van der Waals surface area (Å²) < 4.78 is 21.1. The van der Waals surface area contributed by atoms with Crippen molar-refractivity contribution in [1.29, 1.82) is 0 Å². The number of aromatic nitrogens is 2. The van der Waals surface area contributed by atoms with E-state index in [9.17, 15) is 9.18 Å². The van der Waals surface area contributed by atoms with Crippen molar-refractivity contribution >= 4 is 23.0 Å². The average Bonchev–Trinajstić information content (AvgIpc) is 3.66. The van der Waals surface area contributed by atoms with Crippen LogP contribution in [-0.2, 0) is 11.3 Å². The van der Waals surface area contributed by atoms with E-state index in [0.717, 1.165) is 41.1 Å². The lowest BCUT2D eigenvalue weighted by atomic mass is 9.92. The van der Waals surface area contributed by atoms with Crippen LogP contribution in [0.3, 0.4) is 0 Å². The van der Waals surface area contributed by atoms with Crippen LogP contribution >= 0.6 is 0 Å². The minimum Gasteiger partial charge on any atom is -0.381 e. The van der Waals surface area contributed by atoms with Gasteiger partial charge in [0, 0.05) is 42.9 Å². The van der Waals surface area contributed by atoms with E-state index in [0.29, 0.717) is 35.9 Å². The summed E-state index contributed by atoms with van der Waals surface area (Å²) in [5.41, 5.74) is 6.13. The average molecular weight is 517 g/mol. The number of nitrogens with zero attached hydrogens (tertiary/aromatic N) is 4. The lowest BCUT2D eigenvalue weighted by Gasteiger charge is -2.26. The van der Waals surface area contributed by atoms with Crippen LogP contribution < -0.4 is 10.6 Å². The summed E-state index contributed by atoms with van der Waals surface area (Å²) in [6.45, 7) is 10.2. The summed E-state index contributed by atoms with van der Waals surface area (Å²) >= 11 is 0. The molecular weight excluding hydrogens is 483 g/mol. The fourth-order valence-corrected chi connectivity index (χ4v) is 4.98. The number of nitrogens with one attached hydrogen (secondary N) is 2. The van der Waals surface area contributed by atoms with Crippen molar-refractivity contribution < 1.29 is 13.9 Å². The quantitative estimate of drug-likeness (QED) is 0.426. The Morgan fingerprint density at radius 3 is 2.92 bits per heavy atom. The maximum absolute atomic E-state index is 13.7. The first kappa shape index (κ1) is 25.8. The number of fused-ring (bicyclic) bond motifs is 2. The molecule has 2 aliphatic rings. The van der Waals surface area contributed by atoms with Gasteiger partial charge < -0.3 is 20.3 Å². The van der Waals surface area contributed by atoms with E-state index in [1.54, 1.807) is 12.4 Å². The molecule has 8 nitrogen and oxygen atoms in total. The number of imidazole rings is 1. The molecule has 2 atom stereocenters. The molecule has 1 saturated heterocycles. The standard InChI is InChI=1S/C29H33FN6O2/c1-6-25(34-28(18(3)35(4)5)17(2)19-10-12-38-16-19)33-23-8-7-21(22-14-32-29(37)27(22)23)24-15-31-26-13-20(30)9-11-36(24)26/h6-9,11,13,15,18-19,33H,2,10,12,14,16H2,1,3-5H3,(H,32,37)/b25-6-,34-28?/t18-,19+/m1/s1. The molecule has 0 unspecified atom stereocenters. The zero-order valence-corrected chi connectivity index (χ0v) is 22.2. The van der Waals surface area contributed by atoms with Gasteiger partial charge in [0.15, 0.2) is 0 Å². The fraction of sp³-hybridized carbons (Fsp3) is 0.345. The Balaban J connectivity index is 1.52. The number of anilines is 1. The molecular formula is C29H33FN6O2. The predicted octanol–water partition coefficient (Wildman–Crippen LogP) is 4.64. The van der Waals surface area contributed by atoms with Gasteiger partial charge in [0.2, 0.25) is 0 Å². The number of carbonyl (C=O) groups is 1. The second kappa shape index (κ2) is 10.5. The molecule has 1 fully saturated rings. The Morgan fingerprint density at radius 1 is 1.39 bits per heavy atom. The number of carbonyl (C=O) groups excluding carboxylic acids is 1. The van der Waals surface area contributed by atoms with Crippen LogP contribution in [0.2, 0.25) is 0 Å². The molecule has 9 heteroatoms. The van der Waals surface area contributed by atoms with Crippen LogP contribution in [0.1, 0.15) is 36.2 Å². The summed E-state index contributed by atoms with van der Waals surface area (Å²) in [7, 11) is 4.04. The first-order valence-corrected chi connectivity index (χ1v) is 12.8. The second-order valence-corrected chi connectivity index (χ2v) is 9.93. The maximum Gasteiger partial charge on any atom is 0.254 e. The van der Waals surface area contributed by atoms with Crippen LogP contribution in [0.5, 0.6) is 0 Å². The number of hydrogen-bond acceptors (Lipinski definition) is 6. The number of pyridine rings is 1. The van der Waals surface area contributed by atoms with Gasteiger partial charge in [-0.15, -0.1) is 0 Å². The van der Waals surface area contributed by atoms with E-state index in [-0.39, 0.29) is 23.7 Å². The van der Waals surface area contributed by atoms with Crippen molar-refractivity contribution in [3.05, 3.63) is 77.7 Å². The van der Waals surface area contributed by atoms with Crippen LogP contribution in [-0.4, -0.2) is 59.3 Å². The maximum atomic E-state index is 13.7. The molecule has 4 heterocycles. The summed E-state index contributed by atoms with van der Waals surface area (Å²) in [5, 5.41) is 6.34. The molecule has 0 radical (unpaired) electrons. The monoisotopic (exact) mass is 516 g/mol. The van der Waals surface area contributed by atoms with E-state index in [4.69, 9.17) is 9.73 Å². The molecule has 0 saturated carbocycles. The molecule has 0 spiro atoms. The van der Waals surface area contributed by atoms with Crippen molar-refractivity contribution in [2.45, 2.75) is 32.9 Å². The van der Waals surface area contributed by atoms with Gasteiger partial charge in [-0.2, -0.15) is 0 Å². The largest absolute Gasteiger partial charge is 0.381 e. The van der Waals surface area contributed by atoms with Gasteiger partial charge in [-0.1, -0.05) is 12.6 Å². The lowest BCUT2D eigenvalue weighted by molar-refractivity contribution is 0.0966. The summed E-state index contributed by atoms with van der Waals surface area (Å²) in [6.07, 6.45) is 6.18. The van der Waals surface area contributed by atoms with Crippen molar-refractivity contribution in [2.24, 2.45) is 10.9 Å². The molecule has 3 aromatic rings. The van der Waals surface area contributed by atoms with Gasteiger partial charge in [-0.3, -0.25) is 9.20 Å². The first-order valence-electron chi connectivity index (χ1n) is 12.8. The number of ether oxygens (including phenoxy) is 1. The SMILES string of the molecule is C=C(C(=N/C(=C\C)Nc1ccc(-c2cnc3cc(F)ccn23)c2c1C(=O)NC2)[C@@H](C)N(C)C)[C@H]1CCOC1. The summed E-state index contributed by atoms with van der Waals surface area (Å²) in [4.78, 5) is 24.4. The van der Waals surface area contributed by atoms with Crippen molar-refractivity contribution in [1.82, 2.24) is 19.6 Å². The summed E-state index contributed by atoms with van der Waals surface area (Å²) in [6, 6.07) is 6.67. The number of benzene rings is 1. The number of amides is 1. The highest BCUT2D eigenvalue weighted by molar-refractivity contribution is 6.06. The topological polar surface area (TPSA) is 83.3 Å². The molecule has 2 aromatic heterocycles. The van der Waals surface area contributed by atoms with E-state index >= 15 is 0 Å². The van der Waals surface area contributed by atoms with Crippen molar-refractivity contribution in [2.75, 3.05) is 32.6 Å². The Hall–Kier alpha value is -3.82. The van der Waals surface area contributed by atoms with Crippen LogP contribution in [0.15, 0.2) is 65.7 Å². The van der Waals surface area contributed by atoms with Gasteiger partial charge in [-0.25, -0.2) is 14.4 Å². The number of rotatable bonds is 8. The molecule has 1 aromatic carbocycles. The van der Waals surface area contributed by atoms with Gasteiger partial charge in [-0.05, 0) is 63.7 Å². The first-order chi connectivity index (χ1) is 18.3.